The Balaban J connectivity index is 1.76. The van der Waals surface area contributed by atoms with E-state index in [1.807, 2.05) is 0 Å². The van der Waals surface area contributed by atoms with Gasteiger partial charge in [0, 0.05) is 23.0 Å². The molecule has 2 aromatic carbocycles. The predicted octanol–water partition coefficient (Wildman–Crippen LogP) is 4.29. The van der Waals surface area contributed by atoms with E-state index in [9.17, 15) is 8.42 Å². The molecule has 0 radical (unpaired) electrons. The number of sulfonamides is 1. The van der Waals surface area contributed by atoms with Gasteiger partial charge in [-0.3, -0.25) is 0 Å². The van der Waals surface area contributed by atoms with Crippen LogP contribution in [0.1, 0.15) is 5.56 Å². The summed E-state index contributed by atoms with van der Waals surface area (Å²) in [5.74, 6) is 1.12. The lowest BCUT2D eigenvalue weighted by Gasteiger charge is -2.22. The SMILES string of the molecule is COc1ccc(CN(c2ccon2)S(=O)(=O)c2ccc3c(Cl)c(OC)ncc3c2)cc1. The average Bonchev–Trinajstić information content (AvgIpc) is 3.32. The van der Waals surface area contributed by atoms with Crippen LogP contribution in [0.5, 0.6) is 11.6 Å². The molecular formula is C21H18ClN3O5S. The summed E-state index contributed by atoms with van der Waals surface area (Å²) >= 11 is 6.30. The fourth-order valence-electron chi connectivity index (χ4n) is 3.10. The van der Waals surface area contributed by atoms with Gasteiger partial charge in [-0.15, -0.1) is 0 Å². The highest BCUT2D eigenvalue weighted by Crippen LogP contribution is 2.33. The molecule has 0 saturated carbocycles. The van der Waals surface area contributed by atoms with Gasteiger partial charge in [0.2, 0.25) is 5.88 Å². The molecule has 160 valence electrons. The number of halogens is 1. The van der Waals surface area contributed by atoms with Crippen LogP contribution in [-0.4, -0.2) is 32.8 Å². The van der Waals surface area contributed by atoms with Crippen molar-refractivity contribution in [3.63, 3.8) is 0 Å². The van der Waals surface area contributed by atoms with E-state index >= 15 is 0 Å². The standard InChI is InChI=1S/C21H18ClN3O5S/c1-28-16-5-3-14(4-6-16)13-25(19-9-10-30-24-19)31(26,27)17-7-8-18-15(11-17)12-23-21(29-2)20(18)22/h3-12H,13H2,1-2H3. The van der Waals surface area contributed by atoms with Crippen molar-refractivity contribution in [3.05, 3.63) is 71.6 Å². The smallest absolute Gasteiger partial charge is 0.265 e. The lowest BCUT2D eigenvalue weighted by atomic mass is 10.2. The van der Waals surface area contributed by atoms with Crippen molar-refractivity contribution in [1.82, 2.24) is 10.1 Å². The Kier molecular flexibility index (Phi) is 5.71. The van der Waals surface area contributed by atoms with Crippen molar-refractivity contribution >= 4 is 38.2 Å². The summed E-state index contributed by atoms with van der Waals surface area (Å²) < 4.78 is 43.5. The number of fused-ring (bicyclic) bond motifs is 1. The molecule has 4 aromatic rings. The molecule has 0 aliphatic heterocycles. The highest BCUT2D eigenvalue weighted by Gasteiger charge is 2.28. The molecule has 0 aliphatic rings. The lowest BCUT2D eigenvalue weighted by molar-refractivity contribution is 0.399. The first-order valence-corrected chi connectivity index (χ1v) is 10.9. The molecule has 0 unspecified atom stereocenters. The number of rotatable bonds is 7. The first-order chi connectivity index (χ1) is 14.9. The molecule has 10 heteroatoms. The second kappa shape index (κ2) is 8.44. The molecule has 0 saturated heterocycles. The van der Waals surface area contributed by atoms with Crippen LogP contribution in [0.3, 0.4) is 0 Å². The third kappa shape index (κ3) is 4.01. The monoisotopic (exact) mass is 459 g/mol. The minimum Gasteiger partial charge on any atom is -0.497 e. The predicted molar refractivity (Wildman–Crippen MR) is 116 cm³/mol. The first-order valence-electron chi connectivity index (χ1n) is 9.12. The number of ether oxygens (including phenoxy) is 2. The van der Waals surface area contributed by atoms with Crippen LogP contribution in [0, 0.1) is 0 Å². The molecule has 2 heterocycles. The third-order valence-electron chi connectivity index (χ3n) is 4.71. The second-order valence-electron chi connectivity index (χ2n) is 6.55. The van der Waals surface area contributed by atoms with Crippen molar-refractivity contribution in [2.45, 2.75) is 11.4 Å². The third-order valence-corrected chi connectivity index (χ3v) is 6.83. The highest BCUT2D eigenvalue weighted by molar-refractivity contribution is 7.92. The van der Waals surface area contributed by atoms with Crippen LogP contribution in [0.2, 0.25) is 5.02 Å². The fraction of sp³-hybridized carbons (Fsp3) is 0.143. The van der Waals surface area contributed by atoms with Gasteiger partial charge >= 0.3 is 0 Å². The first kappa shape index (κ1) is 21.0. The van der Waals surface area contributed by atoms with Gasteiger partial charge in [0.05, 0.1) is 25.7 Å². The Hall–Kier alpha value is -3.30. The summed E-state index contributed by atoms with van der Waals surface area (Å²) in [4.78, 5) is 4.19. The molecule has 31 heavy (non-hydrogen) atoms. The minimum absolute atomic E-state index is 0.0541. The fourth-order valence-corrected chi connectivity index (χ4v) is 4.83. The maximum atomic E-state index is 13.6. The maximum Gasteiger partial charge on any atom is 0.265 e. The molecule has 0 amide bonds. The summed E-state index contributed by atoms with van der Waals surface area (Å²) in [7, 11) is -0.947. The molecule has 0 N–H and O–H groups in total. The van der Waals surface area contributed by atoms with E-state index in [1.54, 1.807) is 37.4 Å². The van der Waals surface area contributed by atoms with Crippen LogP contribution in [-0.2, 0) is 16.6 Å². The van der Waals surface area contributed by atoms with Gasteiger partial charge < -0.3 is 14.0 Å². The van der Waals surface area contributed by atoms with Gasteiger partial charge in [0.25, 0.3) is 10.0 Å². The van der Waals surface area contributed by atoms with Crippen LogP contribution in [0.25, 0.3) is 10.8 Å². The summed E-state index contributed by atoms with van der Waals surface area (Å²) in [6.45, 7) is 0.0541. The lowest BCUT2D eigenvalue weighted by Crippen LogP contribution is -2.30. The molecule has 2 aromatic heterocycles. The molecule has 0 aliphatic carbocycles. The van der Waals surface area contributed by atoms with Gasteiger partial charge in [-0.25, -0.2) is 17.7 Å². The van der Waals surface area contributed by atoms with Crippen molar-refractivity contribution in [3.8, 4) is 11.6 Å². The number of methoxy groups -OCH3 is 2. The summed E-state index contributed by atoms with van der Waals surface area (Å²) in [5.41, 5.74) is 0.752. The molecule has 4 rings (SSSR count). The number of benzene rings is 2. The highest BCUT2D eigenvalue weighted by atomic mass is 35.5. The van der Waals surface area contributed by atoms with E-state index in [0.29, 0.717) is 21.5 Å². The van der Waals surface area contributed by atoms with Gasteiger partial charge in [0.15, 0.2) is 5.82 Å². The van der Waals surface area contributed by atoms with E-state index < -0.39 is 10.0 Å². The molecule has 0 fully saturated rings. The zero-order chi connectivity index (χ0) is 22.0. The van der Waals surface area contributed by atoms with E-state index in [1.165, 1.54) is 42.1 Å². The normalized spacial score (nSPS) is 11.5. The number of hydrogen-bond acceptors (Lipinski definition) is 7. The number of nitrogens with zero attached hydrogens (tertiary/aromatic N) is 3. The second-order valence-corrected chi connectivity index (χ2v) is 8.79. The van der Waals surface area contributed by atoms with Crippen LogP contribution < -0.4 is 13.8 Å². The summed E-state index contributed by atoms with van der Waals surface area (Å²) in [6.07, 6.45) is 2.84. The van der Waals surface area contributed by atoms with Gasteiger partial charge in [-0.05, 0) is 29.8 Å². The zero-order valence-electron chi connectivity index (χ0n) is 16.6. The van der Waals surface area contributed by atoms with Crippen molar-refractivity contribution < 1.29 is 22.4 Å². The van der Waals surface area contributed by atoms with E-state index in [0.717, 1.165) is 5.56 Å². The van der Waals surface area contributed by atoms with Gasteiger partial charge in [0.1, 0.15) is 17.0 Å². The molecule has 0 atom stereocenters. The van der Waals surface area contributed by atoms with Gasteiger partial charge in [-0.1, -0.05) is 35.0 Å². The Bertz CT molecular complexity index is 1310. The van der Waals surface area contributed by atoms with E-state index in [4.69, 9.17) is 25.6 Å². The van der Waals surface area contributed by atoms with Crippen LogP contribution in [0.15, 0.2) is 70.4 Å². The summed E-state index contributed by atoms with van der Waals surface area (Å²) in [6, 6.07) is 13.2. The maximum absolute atomic E-state index is 13.6. The van der Waals surface area contributed by atoms with Gasteiger partial charge in [-0.2, -0.15) is 0 Å². The van der Waals surface area contributed by atoms with Crippen LogP contribution in [0.4, 0.5) is 5.82 Å². The number of hydrogen-bond donors (Lipinski definition) is 0. The molecule has 0 spiro atoms. The summed E-state index contributed by atoms with van der Waals surface area (Å²) in [5, 5.41) is 5.35. The molecule has 0 bridgehead atoms. The Morgan fingerprint density at radius 3 is 2.48 bits per heavy atom. The quantitative estimate of drug-likeness (QED) is 0.407. The number of anilines is 1. The van der Waals surface area contributed by atoms with Crippen molar-refractivity contribution in [1.29, 1.82) is 0 Å². The largest absolute Gasteiger partial charge is 0.497 e. The Morgan fingerprint density at radius 1 is 1.06 bits per heavy atom. The molecular weight excluding hydrogens is 442 g/mol. The van der Waals surface area contributed by atoms with Crippen molar-refractivity contribution in [2.24, 2.45) is 0 Å². The van der Waals surface area contributed by atoms with E-state index in [-0.39, 0.29) is 23.1 Å². The van der Waals surface area contributed by atoms with Crippen molar-refractivity contribution in [2.75, 3.05) is 18.5 Å². The topological polar surface area (TPSA) is 94.8 Å². The van der Waals surface area contributed by atoms with E-state index in [2.05, 4.69) is 10.1 Å². The molecule has 8 nitrogen and oxygen atoms in total. The Morgan fingerprint density at radius 2 is 1.84 bits per heavy atom. The average molecular weight is 460 g/mol. The minimum atomic E-state index is -3.98. The number of aromatic nitrogens is 2. The van der Waals surface area contributed by atoms with Crippen LogP contribution >= 0.6 is 11.6 Å². The Labute approximate surface area is 184 Å². The number of pyridine rings is 1. The zero-order valence-corrected chi connectivity index (χ0v) is 18.2.